The van der Waals surface area contributed by atoms with Gasteiger partial charge in [0.15, 0.2) is 0 Å². The molecule has 2 rings (SSSR count). The molecule has 2 N–H and O–H groups in total. The highest BCUT2D eigenvalue weighted by molar-refractivity contribution is 7.13. The lowest BCUT2D eigenvalue weighted by Gasteiger charge is -2.06. The van der Waals surface area contributed by atoms with Gasteiger partial charge in [-0.15, -0.1) is 11.3 Å². The number of carbonyl (C=O) groups excluding carboxylic acids is 1. The molecular formula is C12H11N3O4S. The van der Waals surface area contributed by atoms with Crippen LogP contribution in [0.25, 0.3) is 10.6 Å². The standard InChI is InChI=1S/C12H11N3O4S/c16-10(13-6-12(18)19)7-15-11(17)4-3-8(14-15)9-2-1-5-20-9/h1-5H,6-7H2,(H,13,16)(H,18,19). The molecule has 104 valence electrons. The molecule has 0 aromatic carbocycles. The Labute approximate surface area is 117 Å². The van der Waals surface area contributed by atoms with E-state index in [1.807, 2.05) is 17.5 Å². The van der Waals surface area contributed by atoms with Crippen molar-refractivity contribution in [3.63, 3.8) is 0 Å². The monoisotopic (exact) mass is 293 g/mol. The quantitative estimate of drug-likeness (QED) is 0.818. The van der Waals surface area contributed by atoms with E-state index < -0.39 is 24.0 Å². The van der Waals surface area contributed by atoms with Gasteiger partial charge in [0, 0.05) is 6.07 Å². The maximum atomic E-state index is 11.6. The molecule has 7 nitrogen and oxygen atoms in total. The fraction of sp³-hybridized carbons (Fsp3) is 0.167. The number of hydrogen-bond donors (Lipinski definition) is 2. The van der Waals surface area contributed by atoms with Crippen molar-refractivity contribution in [2.45, 2.75) is 6.54 Å². The number of amides is 1. The number of carbonyl (C=O) groups is 2. The summed E-state index contributed by atoms with van der Waals surface area (Å²) in [5.41, 5.74) is 0.168. The molecule has 1 amide bonds. The maximum absolute atomic E-state index is 11.6. The highest BCUT2D eigenvalue weighted by Crippen LogP contribution is 2.20. The van der Waals surface area contributed by atoms with E-state index in [4.69, 9.17) is 5.11 Å². The van der Waals surface area contributed by atoms with Gasteiger partial charge in [0.1, 0.15) is 18.8 Å². The number of aromatic nitrogens is 2. The number of rotatable bonds is 5. The van der Waals surface area contributed by atoms with Crippen LogP contribution in [0.5, 0.6) is 0 Å². The molecule has 0 saturated heterocycles. The zero-order chi connectivity index (χ0) is 14.5. The van der Waals surface area contributed by atoms with Crippen molar-refractivity contribution < 1.29 is 14.7 Å². The summed E-state index contributed by atoms with van der Waals surface area (Å²) >= 11 is 1.47. The molecule has 0 radical (unpaired) electrons. The predicted molar refractivity (Wildman–Crippen MR) is 72.5 cm³/mol. The van der Waals surface area contributed by atoms with Crippen molar-refractivity contribution in [3.05, 3.63) is 40.0 Å². The first kappa shape index (κ1) is 13.9. The summed E-state index contributed by atoms with van der Waals surface area (Å²) in [6.07, 6.45) is 0. The Morgan fingerprint density at radius 1 is 1.35 bits per heavy atom. The Morgan fingerprint density at radius 2 is 2.15 bits per heavy atom. The topological polar surface area (TPSA) is 101 Å². The second-order valence-electron chi connectivity index (χ2n) is 3.86. The van der Waals surface area contributed by atoms with Crippen LogP contribution in [0.4, 0.5) is 0 Å². The molecule has 0 atom stereocenters. The van der Waals surface area contributed by atoms with Crippen LogP contribution in [0, 0.1) is 0 Å². The Balaban J connectivity index is 2.15. The fourth-order valence-corrected chi connectivity index (χ4v) is 2.17. The third kappa shape index (κ3) is 3.51. The van der Waals surface area contributed by atoms with Gasteiger partial charge in [-0.05, 0) is 17.5 Å². The van der Waals surface area contributed by atoms with Crippen LogP contribution in [-0.4, -0.2) is 33.3 Å². The first-order chi connectivity index (χ1) is 9.56. The van der Waals surface area contributed by atoms with Crippen molar-refractivity contribution in [1.82, 2.24) is 15.1 Å². The van der Waals surface area contributed by atoms with Crippen LogP contribution < -0.4 is 10.9 Å². The van der Waals surface area contributed by atoms with E-state index in [0.717, 1.165) is 9.56 Å². The SMILES string of the molecule is O=C(O)CNC(=O)Cn1nc(-c2cccs2)ccc1=O. The van der Waals surface area contributed by atoms with E-state index in [-0.39, 0.29) is 6.54 Å². The molecule has 2 heterocycles. The molecule has 0 aliphatic rings. The molecular weight excluding hydrogens is 282 g/mol. The minimum absolute atomic E-state index is 0.314. The second kappa shape index (κ2) is 6.11. The molecule has 2 aromatic rings. The minimum atomic E-state index is -1.15. The number of aliphatic carboxylic acids is 1. The lowest BCUT2D eigenvalue weighted by molar-refractivity contribution is -0.138. The summed E-state index contributed by atoms with van der Waals surface area (Å²) in [4.78, 5) is 34.3. The van der Waals surface area contributed by atoms with E-state index in [2.05, 4.69) is 10.4 Å². The smallest absolute Gasteiger partial charge is 0.322 e. The Bertz CT molecular complexity index is 678. The molecule has 0 saturated carbocycles. The third-order valence-corrected chi connectivity index (χ3v) is 3.26. The van der Waals surface area contributed by atoms with Crippen molar-refractivity contribution in [3.8, 4) is 10.6 Å². The summed E-state index contributed by atoms with van der Waals surface area (Å²) < 4.78 is 1.01. The fourth-order valence-electron chi connectivity index (χ4n) is 1.48. The van der Waals surface area contributed by atoms with Gasteiger partial charge in [0.2, 0.25) is 5.91 Å². The average molecular weight is 293 g/mol. The zero-order valence-corrected chi connectivity index (χ0v) is 11.1. The van der Waals surface area contributed by atoms with Crippen molar-refractivity contribution >= 4 is 23.2 Å². The third-order valence-electron chi connectivity index (χ3n) is 2.37. The van der Waals surface area contributed by atoms with Gasteiger partial charge in [-0.25, -0.2) is 4.68 Å². The highest BCUT2D eigenvalue weighted by Gasteiger charge is 2.09. The van der Waals surface area contributed by atoms with E-state index in [1.165, 1.54) is 17.4 Å². The molecule has 0 unspecified atom stereocenters. The zero-order valence-electron chi connectivity index (χ0n) is 10.3. The number of hydrogen-bond acceptors (Lipinski definition) is 5. The first-order valence-electron chi connectivity index (χ1n) is 5.67. The van der Waals surface area contributed by atoms with Gasteiger partial charge in [0.25, 0.3) is 5.56 Å². The largest absolute Gasteiger partial charge is 0.480 e. The number of carboxylic acids is 1. The second-order valence-corrected chi connectivity index (χ2v) is 4.81. The van der Waals surface area contributed by atoms with Crippen LogP contribution in [-0.2, 0) is 16.1 Å². The number of carboxylic acid groups (broad SMARTS) is 1. The van der Waals surface area contributed by atoms with E-state index in [9.17, 15) is 14.4 Å². The molecule has 0 bridgehead atoms. The van der Waals surface area contributed by atoms with Crippen LogP contribution in [0.1, 0.15) is 0 Å². The average Bonchev–Trinajstić information content (AvgIpc) is 2.93. The van der Waals surface area contributed by atoms with Gasteiger partial charge in [-0.1, -0.05) is 6.07 Å². The van der Waals surface area contributed by atoms with E-state index in [0.29, 0.717) is 5.69 Å². The van der Waals surface area contributed by atoms with Gasteiger partial charge in [-0.2, -0.15) is 5.10 Å². The summed E-state index contributed by atoms with van der Waals surface area (Å²) in [6.45, 7) is -0.802. The van der Waals surface area contributed by atoms with Crippen LogP contribution in [0.2, 0.25) is 0 Å². The molecule has 8 heteroatoms. The van der Waals surface area contributed by atoms with Crippen LogP contribution in [0.15, 0.2) is 34.4 Å². The number of nitrogens with zero attached hydrogens (tertiary/aromatic N) is 2. The molecule has 0 aliphatic heterocycles. The van der Waals surface area contributed by atoms with Crippen LogP contribution in [0.3, 0.4) is 0 Å². The van der Waals surface area contributed by atoms with Gasteiger partial charge in [0.05, 0.1) is 4.88 Å². The van der Waals surface area contributed by atoms with E-state index >= 15 is 0 Å². The van der Waals surface area contributed by atoms with Crippen molar-refractivity contribution in [1.29, 1.82) is 0 Å². The van der Waals surface area contributed by atoms with E-state index in [1.54, 1.807) is 6.07 Å². The Hall–Kier alpha value is -2.48. The summed E-state index contributed by atoms with van der Waals surface area (Å²) in [5, 5.41) is 16.6. The Kier molecular flexibility index (Phi) is 4.26. The summed E-state index contributed by atoms with van der Waals surface area (Å²) in [5.74, 6) is -1.73. The lowest BCUT2D eigenvalue weighted by atomic mass is 10.3. The van der Waals surface area contributed by atoms with Gasteiger partial charge < -0.3 is 10.4 Å². The summed E-state index contributed by atoms with van der Waals surface area (Å²) in [7, 11) is 0. The first-order valence-corrected chi connectivity index (χ1v) is 6.55. The van der Waals surface area contributed by atoms with Gasteiger partial charge in [-0.3, -0.25) is 14.4 Å². The molecule has 0 spiro atoms. The molecule has 20 heavy (non-hydrogen) atoms. The van der Waals surface area contributed by atoms with Crippen molar-refractivity contribution in [2.75, 3.05) is 6.54 Å². The number of thiophene rings is 1. The normalized spacial score (nSPS) is 10.2. The molecule has 0 aliphatic carbocycles. The van der Waals surface area contributed by atoms with Gasteiger partial charge >= 0.3 is 5.97 Å². The van der Waals surface area contributed by atoms with Crippen molar-refractivity contribution in [2.24, 2.45) is 0 Å². The molecule has 2 aromatic heterocycles. The predicted octanol–water partition coefficient (Wildman–Crippen LogP) is 0.173. The van der Waals surface area contributed by atoms with Crippen LogP contribution >= 0.6 is 11.3 Å². The molecule has 0 fully saturated rings. The minimum Gasteiger partial charge on any atom is -0.480 e. The number of nitrogens with one attached hydrogen (secondary N) is 1. The maximum Gasteiger partial charge on any atom is 0.322 e. The summed E-state index contributed by atoms with van der Waals surface area (Å²) in [6, 6.07) is 6.62. The highest BCUT2D eigenvalue weighted by atomic mass is 32.1. The Morgan fingerprint density at radius 3 is 2.80 bits per heavy atom. The lowest BCUT2D eigenvalue weighted by Crippen LogP contribution is -2.36.